The van der Waals surface area contributed by atoms with Crippen LogP contribution in [0.4, 0.5) is 0 Å². The molecule has 0 aliphatic carbocycles. The van der Waals surface area contributed by atoms with Gasteiger partial charge in [-0.1, -0.05) is 6.07 Å². The quantitative estimate of drug-likeness (QED) is 0.572. The van der Waals surface area contributed by atoms with Gasteiger partial charge in [-0.3, -0.25) is 4.98 Å². The van der Waals surface area contributed by atoms with E-state index in [1.54, 1.807) is 29.9 Å². The van der Waals surface area contributed by atoms with E-state index < -0.39 is 0 Å². The average molecular weight is 332 g/mol. The fourth-order valence-electron chi connectivity index (χ4n) is 2.30. The van der Waals surface area contributed by atoms with Crippen LogP contribution < -0.4 is 0 Å². The molecule has 0 bridgehead atoms. The van der Waals surface area contributed by atoms with Gasteiger partial charge in [-0.2, -0.15) is 5.10 Å². The summed E-state index contributed by atoms with van der Waals surface area (Å²) in [7, 11) is 0. The first kappa shape index (κ1) is 14.5. The third-order valence-corrected chi connectivity index (χ3v) is 4.63. The Kier molecular flexibility index (Phi) is 3.76. The van der Waals surface area contributed by atoms with Gasteiger partial charge in [0, 0.05) is 24.2 Å². The molecule has 0 N–H and O–H groups in total. The molecule has 4 heterocycles. The van der Waals surface area contributed by atoms with Gasteiger partial charge in [0.25, 0.3) is 0 Å². The van der Waals surface area contributed by atoms with Crippen molar-refractivity contribution in [3.63, 3.8) is 0 Å². The summed E-state index contributed by atoms with van der Waals surface area (Å²) in [5, 5.41) is 8.80. The topological polar surface area (TPSA) is 77.3 Å². The van der Waals surface area contributed by atoms with Crippen molar-refractivity contribution in [3.8, 4) is 32.7 Å². The van der Waals surface area contributed by atoms with Gasteiger partial charge in [-0.25, -0.2) is 15.0 Å². The highest BCUT2D eigenvalue weighted by Gasteiger charge is 2.13. The molecule has 0 aliphatic heterocycles. The maximum absolute atomic E-state index is 4.67. The van der Waals surface area contributed by atoms with Gasteiger partial charge in [0.05, 0.1) is 22.5 Å². The number of hydrogen-bond acceptors (Lipinski definition) is 7. The van der Waals surface area contributed by atoms with Crippen molar-refractivity contribution < 1.29 is 0 Å². The summed E-state index contributed by atoms with van der Waals surface area (Å²) >= 11 is 1.60. The first-order valence-electron chi connectivity index (χ1n) is 7.30. The van der Waals surface area contributed by atoms with Crippen LogP contribution in [0.15, 0.2) is 55.1 Å². The summed E-state index contributed by atoms with van der Waals surface area (Å²) in [6, 6.07) is 9.69. The molecule has 0 aromatic carbocycles. The van der Waals surface area contributed by atoms with E-state index in [-0.39, 0.29) is 0 Å². The Labute approximate surface area is 142 Å². The minimum atomic E-state index is 0.508. The fraction of sp³-hybridized carbons (Fsp3) is 0.0588. The van der Waals surface area contributed by atoms with Crippen LogP contribution in [0.5, 0.6) is 0 Å². The van der Waals surface area contributed by atoms with Crippen LogP contribution in [-0.2, 0) is 0 Å². The van der Waals surface area contributed by atoms with Gasteiger partial charge in [-0.15, -0.1) is 16.4 Å². The van der Waals surface area contributed by atoms with Crippen LogP contribution in [0.25, 0.3) is 32.7 Å². The highest BCUT2D eigenvalue weighted by Crippen LogP contribution is 2.34. The summed E-state index contributed by atoms with van der Waals surface area (Å²) in [5.74, 6) is 0.508. The Bertz CT molecular complexity index is 969. The smallest absolute Gasteiger partial charge is 0.200 e. The lowest BCUT2D eigenvalue weighted by Gasteiger charge is -2.01. The molecule has 0 atom stereocenters. The zero-order valence-corrected chi connectivity index (χ0v) is 13.6. The molecule has 0 saturated heterocycles. The summed E-state index contributed by atoms with van der Waals surface area (Å²) in [4.78, 5) is 18.7. The molecule has 7 heteroatoms. The molecule has 0 fully saturated rings. The SMILES string of the molecule is Cc1nc(-c2cccnc2)sc1-c1cccc(-c2nccnn2)n1. The second-order valence-electron chi connectivity index (χ2n) is 5.05. The molecular weight excluding hydrogens is 320 g/mol. The minimum absolute atomic E-state index is 0.508. The van der Waals surface area contributed by atoms with Gasteiger partial charge in [0.15, 0.2) is 5.82 Å². The predicted molar refractivity (Wildman–Crippen MR) is 92.1 cm³/mol. The second kappa shape index (κ2) is 6.21. The lowest BCUT2D eigenvalue weighted by Crippen LogP contribution is -1.94. The molecule has 0 saturated carbocycles. The summed E-state index contributed by atoms with van der Waals surface area (Å²) in [5.41, 5.74) is 3.49. The fourth-order valence-corrected chi connectivity index (χ4v) is 3.32. The van der Waals surface area contributed by atoms with Crippen molar-refractivity contribution in [1.29, 1.82) is 0 Å². The molecule has 0 spiro atoms. The van der Waals surface area contributed by atoms with Crippen molar-refractivity contribution in [2.75, 3.05) is 0 Å². The highest BCUT2D eigenvalue weighted by molar-refractivity contribution is 7.18. The molecular formula is C17H12N6S. The van der Waals surface area contributed by atoms with Gasteiger partial charge in [0.2, 0.25) is 0 Å². The van der Waals surface area contributed by atoms with E-state index in [9.17, 15) is 0 Å². The minimum Gasteiger partial charge on any atom is -0.264 e. The number of aromatic nitrogens is 6. The van der Waals surface area contributed by atoms with Gasteiger partial charge >= 0.3 is 0 Å². The van der Waals surface area contributed by atoms with Gasteiger partial charge in [-0.05, 0) is 31.2 Å². The lowest BCUT2D eigenvalue weighted by molar-refractivity contribution is 0.971. The van der Waals surface area contributed by atoms with E-state index in [1.807, 2.05) is 43.5 Å². The molecule has 6 nitrogen and oxygen atoms in total. The average Bonchev–Trinajstić information content (AvgIpc) is 3.05. The van der Waals surface area contributed by atoms with Crippen molar-refractivity contribution in [1.82, 2.24) is 30.1 Å². The Morgan fingerprint density at radius 2 is 1.83 bits per heavy atom. The van der Waals surface area contributed by atoms with E-state index in [0.29, 0.717) is 11.5 Å². The molecule has 0 aliphatic rings. The summed E-state index contributed by atoms with van der Waals surface area (Å²) in [6.45, 7) is 1.99. The number of hydrogen-bond donors (Lipinski definition) is 0. The van der Waals surface area contributed by atoms with E-state index >= 15 is 0 Å². The maximum Gasteiger partial charge on any atom is 0.200 e. The molecule has 4 aromatic heterocycles. The first-order chi connectivity index (χ1) is 11.8. The molecule has 0 amide bonds. The Morgan fingerprint density at radius 3 is 2.62 bits per heavy atom. The summed E-state index contributed by atoms with van der Waals surface area (Å²) < 4.78 is 0. The van der Waals surface area contributed by atoms with E-state index in [4.69, 9.17) is 0 Å². The van der Waals surface area contributed by atoms with Gasteiger partial charge in [0.1, 0.15) is 10.7 Å². The number of rotatable bonds is 3. The number of pyridine rings is 2. The van der Waals surface area contributed by atoms with Gasteiger partial charge < -0.3 is 0 Å². The molecule has 116 valence electrons. The third kappa shape index (κ3) is 2.77. The van der Waals surface area contributed by atoms with Crippen LogP contribution >= 0.6 is 11.3 Å². The Hall–Kier alpha value is -3.06. The van der Waals surface area contributed by atoms with Crippen LogP contribution in [0.1, 0.15) is 5.69 Å². The molecule has 0 radical (unpaired) electrons. The van der Waals surface area contributed by atoms with Crippen molar-refractivity contribution in [3.05, 3.63) is 60.8 Å². The largest absolute Gasteiger partial charge is 0.264 e. The van der Waals surface area contributed by atoms with E-state index in [1.165, 1.54) is 0 Å². The second-order valence-corrected chi connectivity index (χ2v) is 6.05. The zero-order chi connectivity index (χ0) is 16.4. The first-order valence-corrected chi connectivity index (χ1v) is 8.12. The Morgan fingerprint density at radius 1 is 0.917 bits per heavy atom. The summed E-state index contributed by atoms with van der Waals surface area (Å²) in [6.07, 6.45) is 6.72. The normalized spacial score (nSPS) is 10.7. The monoisotopic (exact) mass is 332 g/mol. The van der Waals surface area contributed by atoms with Crippen LogP contribution in [0.2, 0.25) is 0 Å². The maximum atomic E-state index is 4.67. The van der Waals surface area contributed by atoms with Crippen LogP contribution in [0.3, 0.4) is 0 Å². The number of aryl methyl sites for hydroxylation is 1. The molecule has 4 rings (SSSR count). The molecule has 4 aromatic rings. The molecule has 0 unspecified atom stereocenters. The number of thiazole rings is 1. The van der Waals surface area contributed by atoms with Crippen LogP contribution in [-0.4, -0.2) is 30.1 Å². The van der Waals surface area contributed by atoms with E-state index in [2.05, 4.69) is 30.1 Å². The van der Waals surface area contributed by atoms with Crippen molar-refractivity contribution >= 4 is 11.3 Å². The highest BCUT2D eigenvalue weighted by atomic mass is 32.1. The predicted octanol–water partition coefficient (Wildman–Crippen LogP) is 3.43. The lowest BCUT2D eigenvalue weighted by atomic mass is 10.2. The Balaban J connectivity index is 1.76. The number of nitrogens with zero attached hydrogens (tertiary/aromatic N) is 6. The van der Waals surface area contributed by atoms with Crippen molar-refractivity contribution in [2.45, 2.75) is 6.92 Å². The third-order valence-electron chi connectivity index (χ3n) is 3.40. The zero-order valence-electron chi connectivity index (χ0n) is 12.8. The van der Waals surface area contributed by atoms with E-state index in [0.717, 1.165) is 26.8 Å². The van der Waals surface area contributed by atoms with Crippen LogP contribution in [0, 0.1) is 6.92 Å². The molecule has 24 heavy (non-hydrogen) atoms. The standard InChI is InChI=1S/C17H12N6S/c1-11-15(24-17(21-11)12-4-3-7-18-10-12)13-5-2-6-14(22-13)16-19-8-9-20-23-16/h2-10H,1H3. The van der Waals surface area contributed by atoms with Crippen molar-refractivity contribution in [2.24, 2.45) is 0 Å².